The van der Waals surface area contributed by atoms with Gasteiger partial charge < -0.3 is 5.73 Å². The van der Waals surface area contributed by atoms with Crippen molar-refractivity contribution in [1.82, 2.24) is 0 Å². The molecule has 1 saturated carbocycles. The van der Waals surface area contributed by atoms with Crippen molar-refractivity contribution >= 4 is 11.8 Å². The number of thioether (sulfide) groups is 1. The summed E-state index contributed by atoms with van der Waals surface area (Å²) in [5, 5.41) is 0.852. The maximum Gasteiger partial charge on any atom is 0.0292 e. The van der Waals surface area contributed by atoms with Crippen molar-refractivity contribution in [2.45, 2.75) is 55.2 Å². The van der Waals surface area contributed by atoms with Crippen LogP contribution >= 0.6 is 11.8 Å². The molecule has 0 bridgehead atoms. The van der Waals surface area contributed by atoms with Crippen molar-refractivity contribution in [3.8, 4) is 0 Å². The normalized spacial score (nSPS) is 18.9. The first-order valence-corrected chi connectivity index (χ1v) is 7.19. The molecule has 1 aromatic carbocycles. The molecule has 0 aromatic heterocycles. The summed E-state index contributed by atoms with van der Waals surface area (Å²) in [6.07, 6.45) is 6.61. The van der Waals surface area contributed by atoms with Crippen LogP contribution in [0.5, 0.6) is 0 Å². The van der Waals surface area contributed by atoms with Gasteiger partial charge in [0.25, 0.3) is 0 Å². The zero-order valence-electron chi connectivity index (χ0n) is 9.99. The number of nitrogens with two attached hydrogens (primary N) is 1. The summed E-state index contributed by atoms with van der Waals surface area (Å²) < 4.78 is 0. The Morgan fingerprint density at radius 1 is 1.25 bits per heavy atom. The van der Waals surface area contributed by atoms with Gasteiger partial charge in [-0.15, -0.1) is 11.8 Å². The Bertz CT molecular complexity index is 314. The highest BCUT2D eigenvalue weighted by atomic mass is 32.2. The van der Waals surface area contributed by atoms with Gasteiger partial charge in [0.1, 0.15) is 0 Å². The summed E-state index contributed by atoms with van der Waals surface area (Å²) in [6.45, 7) is 2.13. The smallest absolute Gasteiger partial charge is 0.0292 e. The van der Waals surface area contributed by atoms with Crippen LogP contribution in [-0.4, -0.2) is 5.25 Å². The second-order valence-electron chi connectivity index (χ2n) is 4.61. The Morgan fingerprint density at radius 3 is 2.44 bits per heavy atom. The third-order valence-electron chi connectivity index (χ3n) is 3.35. The summed E-state index contributed by atoms with van der Waals surface area (Å²) in [7, 11) is 0. The van der Waals surface area contributed by atoms with E-state index in [1.54, 1.807) is 0 Å². The number of rotatable bonds is 4. The van der Waals surface area contributed by atoms with Crippen molar-refractivity contribution in [1.29, 1.82) is 0 Å². The highest BCUT2D eigenvalue weighted by Gasteiger charge is 2.15. The molecule has 1 unspecified atom stereocenters. The van der Waals surface area contributed by atoms with Gasteiger partial charge in [-0.05, 0) is 37.0 Å². The van der Waals surface area contributed by atoms with E-state index in [0.29, 0.717) is 0 Å². The van der Waals surface area contributed by atoms with Gasteiger partial charge in [-0.25, -0.2) is 0 Å². The van der Waals surface area contributed by atoms with Crippen LogP contribution < -0.4 is 5.73 Å². The second kappa shape index (κ2) is 5.74. The van der Waals surface area contributed by atoms with E-state index >= 15 is 0 Å². The van der Waals surface area contributed by atoms with Crippen molar-refractivity contribution in [3.05, 3.63) is 29.8 Å². The van der Waals surface area contributed by atoms with Crippen LogP contribution in [0.3, 0.4) is 0 Å². The zero-order chi connectivity index (χ0) is 11.4. The minimum atomic E-state index is 0.200. The average molecular weight is 235 g/mol. The van der Waals surface area contributed by atoms with Gasteiger partial charge in [-0.3, -0.25) is 0 Å². The first-order chi connectivity index (χ1) is 7.79. The molecule has 0 spiro atoms. The molecular formula is C14H21NS. The van der Waals surface area contributed by atoms with Crippen molar-refractivity contribution in [2.75, 3.05) is 0 Å². The third-order valence-corrected chi connectivity index (χ3v) is 4.70. The Morgan fingerprint density at radius 2 is 1.88 bits per heavy atom. The lowest BCUT2D eigenvalue weighted by atomic mass is 10.1. The standard InChI is InChI=1S/C14H21NS/c1-2-14(15)11-7-9-13(10-8-11)16-12-5-3-4-6-12/h7-10,12,14H,2-6,15H2,1H3. The SMILES string of the molecule is CCC(N)c1ccc(SC2CCCC2)cc1. The average Bonchev–Trinajstić information content (AvgIpc) is 2.82. The summed E-state index contributed by atoms with van der Waals surface area (Å²) in [5.74, 6) is 0. The fraction of sp³-hybridized carbons (Fsp3) is 0.571. The van der Waals surface area contributed by atoms with Crippen molar-refractivity contribution in [2.24, 2.45) is 5.73 Å². The Kier molecular flexibility index (Phi) is 4.30. The second-order valence-corrected chi connectivity index (χ2v) is 5.98. The van der Waals surface area contributed by atoms with Crippen LogP contribution in [0, 0.1) is 0 Å². The van der Waals surface area contributed by atoms with Gasteiger partial charge in [-0.2, -0.15) is 0 Å². The summed E-state index contributed by atoms with van der Waals surface area (Å²) in [5.41, 5.74) is 7.26. The molecule has 1 nitrogen and oxygen atoms in total. The van der Waals surface area contributed by atoms with E-state index in [2.05, 4.69) is 31.2 Å². The van der Waals surface area contributed by atoms with Gasteiger partial charge in [0.2, 0.25) is 0 Å². The minimum absolute atomic E-state index is 0.200. The topological polar surface area (TPSA) is 26.0 Å². The van der Waals surface area contributed by atoms with E-state index < -0.39 is 0 Å². The molecule has 88 valence electrons. The molecule has 1 aliphatic rings. The van der Waals surface area contributed by atoms with Gasteiger partial charge >= 0.3 is 0 Å². The predicted octanol–water partition coefficient (Wildman–Crippen LogP) is 4.13. The molecule has 0 heterocycles. The Hall–Kier alpha value is -0.470. The van der Waals surface area contributed by atoms with Crippen molar-refractivity contribution in [3.63, 3.8) is 0 Å². The van der Waals surface area contributed by atoms with Crippen LogP contribution in [0.15, 0.2) is 29.2 Å². The molecule has 1 atom stereocenters. The minimum Gasteiger partial charge on any atom is -0.324 e. The van der Waals surface area contributed by atoms with Gasteiger partial charge in [-0.1, -0.05) is 31.9 Å². The fourth-order valence-electron chi connectivity index (χ4n) is 2.23. The molecule has 0 radical (unpaired) electrons. The molecular weight excluding hydrogens is 214 g/mol. The van der Waals surface area contributed by atoms with E-state index in [1.807, 2.05) is 11.8 Å². The highest BCUT2D eigenvalue weighted by molar-refractivity contribution is 8.00. The van der Waals surface area contributed by atoms with E-state index in [1.165, 1.54) is 36.1 Å². The molecule has 1 fully saturated rings. The summed E-state index contributed by atoms with van der Waals surface area (Å²) >= 11 is 2.04. The maximum absolute atomic E-state index is 6.00. The summed E-state index contributed by atoms with van der Waals surface area (Å²) in [6, 6.07) is 9.03. The number of hydrogen-bond donors (Lipinski definition) is 1. The van der Waals surface area contributed by atoms with Crippen LogP contribution in [0.4, 0.5) is 0 Å². The highest BCUT2D eigenvalue weighted by Crippen LogP contribution is 2.34. The van der Waals surface area contributed by atoms with Gasteiger partial charge in [0, 0.05) is 16.2 Å². The van der Waals surface area contributed by atoms with Crippen LogP contribution in [-0.2, 0) is 0 Å². The van der Waals surface area contributed by atoms with E-state index in [0.717, 1.165) is 11.7 Å². The molecule has 2 heteroatoms. The lowest BCUT2D eigenvalue weighted by Gasteiger charge is -2.11. The largest absolute Gasteiger partial charge is 0.324 e. The summed E-state index contributed by atoms with van der Waals surface area (Å²) in [4.78, 5) is 1.40. The molecule has 1 aliphatic carbocycles. The maximum atomic E-state index is 6.00. The predicted molar refractivity (Wildman–Crippen MR) is 71.8 cm³/mol. The number of benzene rings is 1. The van der Waals surface area contributed by atoms with Crippen LogP contribution in [0.25, 0.3) is 0 Å². The monoisotopic (exact) mass is 235 g/mol. The lowest BCUT2D eigenvalue weighted by molar-refractivity contribution is 0.698. The fourth-order valence-corrected chi connectivity index (χ4v) is 3.48. The molecule has 0 aliphatic heterocycles. The van der Waals surface area contributed by atoms with Gasteiger partial charge in [0.15, 0.2) is 0 Å². The van der Waals surface area contributed by atoms with Gasteiger partial charge in [0.05, 0.1) is 0 Å². The Labute approximate surface area is 103 Å². The first-order valence-electron chi connectivity index (χ1n) is 6.32. The number of hydrogen-bond acceptors (Lipinski definition) is 2. The van der Waals surface area contributed by atoms with E-state index in [-0.39, 0.29) is 6.04 Å². The van der Waals surface area contributed by atoms with Crippen molar-refractivity contribution < 1.29 is 0 Å². The lowest BCUT2D eigenvalue weighted by Crippen LogP contribution is -2.08. The van der Waals surface area contributed by atoms with E-state index in [9.17, 15) is 0 Å². The molecule has 0 amide bonds. The molecule has 2 N–H and O–H groups in total. The third kappa shape index (κ3) is 3.02. The molecule has 1 aromatic rings. The van der Waals surface area contributed by atoms with E-state index in [4.69, 9.17) is 5.73 Å². The molecule has 2 rings (SSSR count). The quantitative estimate of drug-likeness (QED) is 0.849. The Balaban J connectivity index is 1.96. The zero-order valence-corrected chi connectivity index (χ0v) is 10.8. The molecule has 16 heavy (non-hydrogen) atoms. The van der Waals surface area contributed by atoms with Crippen LogP contribution in [0.2, 0.25) is 0 Å². The molecule has 0 saturated heterocycles. The van der Waals surface area contributed by atoms with Crippen LogP contribution in [0.1, 0.15) is 50.6 Å². The first kappa shape index (κ1) is 12.0.